The van der Waals surface area contributed by atoms with Gasteiger partial charge >= 0.3 is 0 Å². The van der Waals surface area contributed by atoms with Crippen molar-refractivity contribution in [2.24, 2.45) is 0 Å². The zero-order chi connectivity index (χ0) is 29.0. The second-order valence-corrected chi connectivity index (χ2v) is 11.6. The van der Waals surface area contributed by atoms with Gasteiger partial charge in [-0.25, -0.2) is 0 Å². The summed E-state index contributed by atoms with van der Waals surface area (Å²) in [4.78, 5) is 0. The Hall–Kier alpha value is -5.20. The lowest BCUT2D eigenvalue weighted by atomic mass is 10.1. The van der Waals surface area contributed by atoms with Crippen molar-refractivity contribution in [3.8, 4) is 5.69 Å². The van der Waals surface area contributed by atoms with Gasteiger partial charge in [0, 0.05) is 27.2 Å². The summed E-state index contributed by atoms with van der Waals surface area (Å²) in [5.41, 5.74) is 8.38. The Kier molecular flexibility index (Phi) is 5.87. The Balaban J connectivity index is 1.30. The van der Waals surface area contributed by atoms with E-state index in [1.165, 1.54) is 60.4 Å². The van der Waals surface area contributed by atoms with Crippen molar-refractivity contribution in [3.63, 3.8) is 0 Å². The molecule has 8 aromatic rings. The molecule has 5 heteroatoms. The summed E-state index contributed by atoms with van der Waals surface area (Å²) < 4.78 is 4.85. The average Bonchev–Trinajstić information content (AvgIpc) is 3.60. The first-order valence-electron chi connectivity index (χ1n) is 15.2. The Bertz CT molecular complexity index is 2220. The average molecular weight is 570 g/mol. The molecule has 0 amide bonds. The van der Waals surface area contributed by atoms with E-state index in [9.17, 15) is 0 Å². The smallest absolute Gasteiger partial charge is 0.142 e. The first-order chi connectivity index (χ1) is 21.8. The highest BCUT2D eigenvalue weighted by atomic mass is 15.4. The summed E-state index contributed by atoms with van der Waals surface area (Å²) in [5, 5.41) is 16.6. The van der Waals surface area contributed by atoms with Gasteiger partial charge < -0.3 is 9.13 Å². The summed E-state index contributed by atoms with van der Waals surface area (Å²) >= 11 is 0. The van der Waals surface area contributed by atoms with Gasteiger partial charge in [0.25, 0.3) is 0 Å². The van der Waals surface area contributed by atoms with Crippen LogP contribution in [0.15, 0.2) is 152 Å². The molecular formula is C39H31N5. The molecule has 5 nitrogen and oxygen atoms in total. The highest BCUT2D eigenvalue weighted by molar-refractivity contribution is 6.18. The number of nitrogens with one attached hydrogen (secondary N) is 3. The molecule has 1 saturated heterocycles. The molecule has 1 aliphatic heterocycles. The summed E-state index contributed by atoms with van der Waals surface area (Å²) in [5.74, 6) is 0. The van der Waals surface area contributed by atoms with Crippen LogP contribution < -0.4 is 16.0 Å². The number of hydrogen-bond acceptors (Lipinski definition) is 3. The van der Waals surface area contributed by atoms with E-state index in [1.807, 2.05) is 0 Å². The standard InChI is InChI=1S/C39H31N5/c1-4-14-26(15-5-1)37-40-38(27-16-6-2-7-17-27)42-39(41-37)44-34-23-13-11-21-30(34)32-24-35-31(25-36(32)44)29-20-10-12-22-33(29)43(35)28-18-8-3-9-19-28/h1-25,37-42H. The Morgan fingerprint density at radius 3 is 1.50 bits per heavy atom. The summed E-state index contributed by atoms with van der Waals surface area (Å²) in [6.45, 7) is 0. The van der Waals surface area contributed by atoms with E-state index in [2.05, 4.69) is 177 Å². The number of para-hydroxylation sites is 3. The molecule has 0 spiro atoms. The molecule has 1 aliphatic rings. The number of aromatic nitrogens is 2. The van der Waals surface area contributed by atoms with Crippen LogP contribution in [-0.4, -0.2) is 9.13 Å². The maximum Gasteiger partial charge on any atom is 0.142 e. The zero-order valence-corrected chi connectivity index (χ0v) is 24.1. The molecule has 2 unspecified atom stereocenters. The number of nitrogens with zero attached hydrogens (tertiary/aromatic N) is 2. The summed E-state index contributed by atoms with van der Waals surface area (Å²) in [7, 11) is 0. The Labute approximate surface area is 255 Å². The third-order valence-corrected chi connectivity index (χ3v) is 9.02. The van der Waals surface area contributed by atoms with E-state index in [-0.39, 0.29) is 18.6 Å². The zero-order valence-electron chi connectivity index (χ0n) is 24.1. The molecule has 44 heavy (non-hydrogen) atoms. The summed E-state index contributed by atoms with van der Waals surface area (Å²) in [6.07, 6.45) is -0.269. The molecule has 9 rings (SSSR count). The Morgan fingerprint density at radius 2 is 0.864 bits per heavy atom. The van der Waals surface area contributed by atoms with E-state index in [0.29, 0.717) is 0 Å². The van der Waals surface area contributed by atoms with Gasteiger partial charge in [0.1, 0.15) is 6.29 Å². The van der Waals surface area contributed by atoms with Crippen molar-refractivity contribution >= 4 is 43.6 Å². The molecule has 0 bridgehead atoms. The number of rotatable bonds is 4. The minimum absolute atomic E-state index is 0.0485. The lowest BCUT2D eigenvalue weighted by Gasteiger charge is -2.40. The lowest BCUT2D eigenvalue weighted by Crippen LogP contribution is -2.56. The number of fused-ring (bicyclic) bond motifs is 6. The highest BCUT2D eigenvalue weighted by Gasteiger charge is 2.31. The number of benzene rings is 6. The molecule has 2 atom stereocenters. The first kappa shape index (κ1) is 25.3. The van der Waals surface area contributed by atoms with Crippen molar-refractivity contribution in [1.82, 2.24) is 25.1 Å². The fraction of sp³-hybridized carbons (Fsp3) is 0.0769. The predicted octanol–water partition coefficient (Wildman–Crippen LogP) is 8.53. The van der Waals surface area contributed by atoms with Crippen molar-refractivity contribution in [2.75, 3.05) is 0 Å². The van der Waals surface area contributed by atoms with Gasteiger partial charge in [0.05, 0.1) is 34.4 Å². The second kappa shape index (κ2) is 10.2. The monoisotopic (exact) mass is 569 g/mol. The maximum absolute atomic E-state index is 3.91. The molecular weight excluding hydrogens is 538 g/mol. The fourth-order valence-electron chi connectivity index (χ4n) is 7.05. The van der Waals surface area contributed by atoms with Gasteiger partial charge in [-0.3, -0.25) is 16.0 Å². The van der Waals surface area contributed by atoms with Gasteiger partial charge in [-0.2, -0.15) is 0 Å². The van der Waals surface area contributed by atoms with E-state index >= 15 is 0 Å². The van der Waals surface area contributed by atoms with Crippen LogP contribution in [0.3, 0.4) is 0 Å². The first-order valence-corrected chi connectivity index (χ1v) is 15.2. The largest absolute Gasteiger partial charge is 0.311 e. The molecule has 3 N–H and O–H groups in total. The van der Waals surface area contributed by atoms with Crippen molar-refractivity contribution in [3.05, 3.63) is 163 Å². The molecule has 3 heterocycles. The van der Waals surface area contributed by atoms with Crippen LogP contribution in [0.5, 0.6) is 0 Å². The molecule has 6 aromatic carbocycles. The Morgan fingerprint density at radius 1 is 0.386 bits per heavy atom. The van der Waals surface area contributed by atoms with Crippen molar-refractivity contribution in [1.29, 1.82) is 0 Å². The maximum atomic E-state index is 3.91. The van der Waals surface area contributed by atoms with Crippen LogP contribution in [0.25, 0.3) is 49.3 Å². The fourth-order valence-corrected chi connectivity index (χ4v) is 7.05. The van der Waals surface area contributed by atoms with Crippen LogP contribution in [0.1, 0.15) is 29.7 Å². The van der Waals surface area contributed by atoms with Crippen LogP contribution in [0.2, 0.25) is 0 Å². The SMILES string of the molecule is c1ccc(C2NC(c3ccccc3)NC(n3c4ccccc4c4cc5c(cc43)c3ccccc3n5-c3ccccc3)N2)cc1. The summed E-state index contributed by atoms with van der Waals surface area (Å²) in [6, 6.07) is 54.3. The van der Waals surface area contributed by atoms with E-state index in [0.717, 1.165) is 0 Å². The van der Waals surface area contributed by atoms with E-state index < -0.39 is 0 Å². The third kappa shape index (κ3) is 3.98. The quantitative estimate of drug-likeness (QED) is 0.199. The van der Waals surface area contributed by atoms with Gasteiger partial charge in [-0.05, 0) is 47.5 Å². The molecule has 0 radical (unpaired) electrons. The van der Waals surface area contributed by atoms with E-state index in [1.54, 1.807) is 0 Å². The third-order valence-electron chi connectivity index (χ3n) is 9.02. The van der Waals surface area contributed by atoms with Gasteiger partial charge in [-0.15, -0.1) is 0 Å². The van der Waals surface area contributed by atoms with Crippen molar-refractivity contribution in [2.45, 2.75) is 18.6 Å². The predicted molar refractivity (Wildman–Crippen MR) is 181 cm³/mol. The van der Waals surface area contributed by atoms with E-state index in [4.69, 9.17) is 0 Å². The van der Waals surface area contributed by atoms with Crippen molar-refractivity contribution < 1.29 is 0 Å². The second-order valence-electron chi connectivity index (χ2n) is 11.6. The van der Waals surface area contributed by atoms with Gasteiger partial charge in [0.15, 0.2) is 0 Å². The van der Waals surface area contributed by atoms with Gasteiger partial charge in [-0.1, -0.05) is 115 Å². The minimum atomic E-state index is -0.172. The van der Waals surface area contributed by atoms with Crippen LogP contribution in [0, 0.1) is 0 Å². The molecule has 0 saturated carbocycles. The normalized spacial score (nSPS) is 18.9. The number of hydrogen-bond donors (Lipinski definition) is 3. The van der Waals surface area contributed by atoms with Crippen LogP contribution in [0.4, 0.5) is 0 Å². The van der Waals surface area contributed by atoms with Crippen LogP contribution >= 0.6 is 0 Å². The highest BCUT2D eigenvalue weighted by Crippen LogP contribution is 2.40. The topological polar surface area (TPSA) is 46.0 Å². The lowest BCUT2D eigenvalue weighted by molar-refractivity contribution is 0.161. The molecule has 2 aromatic heterocycles. The molecule has 0 aliphatic carbocycles. The van der Waals surface area contributed by atoms with Gasteiger partial charge in [0.2, 0.25) is 0 Å². The van der Waals surface area contributed by atoms with Crippen LogP contribution in [-0.2, 0) is 0 Å². The molecule has 1 fully saturated rings. The molecule has 212 valence electrons. The minimum Gasteiger partial charge on any atom is -0.311 e.